The molecule has 0 aromatic heterocycles. The first kappa shape index (κ1) is 12.7. The molecule has 2 N–H and O–H groups in total. The van der Waals surface area contributed by atoms with E-state index in [1.165, 1.54) is 11.1 Å². The van der Waals surface area contributed by atoms with Crippen LogP contribution in [0, 0.1) is 6.92 Å². The summed E-state index contributed by atoms with van der Waals surface area (Å²) in [6.45, 7) is 5.02. The Bertz CT molecular complexity index is 505. The van der Waals surface area contributed by atoms with Crippen molar-refractivity contribution in [2.75, 3.05) is 0 Å². The van der Waals surface area contributed by atoms with Gasteiger partial charge in [-0.15, -0.1) is 0 Å². The fraction of sp³-hybridized carbons (Fsp3) is 0.250. The van der Waals surface area contributed by atoms with Crippen molar-refractivity contribution in [2.24, 2.45) is 0 Å². The highest BCUT2D eigenvalue weighted by atomic mass is 16.3. The maximum Gasteiger partial charge on any atom is 0.115 e. The number of nitrogens with one attached hydrogen (secondary N) is 1. The number of hydrogen-bond acceptors (Lipinski definition) is 2. The molecule has 0 amide bonds. The Morgan fingerprint density at radius 3 is 2.50 bits per heavy atom. The summed E-state index contributed by atoms with van der Waals surface area (Å²) < 4.78 is 0. The van der Waals surface area contributed by atoms with Gasteiger partial charge in [0.25, 0.3) is 0 Å². The maximum absolute atomic E-state index is 9.45. The Morgan fingerprint density at radius 1 is 1.11 bits per heavy atom. The van der Waals surface area contributed by atoms with E-state index in [2.05, 4.69) is 43.4 Å². The Labute approximate surface area is 108 Å². The summed E-state index contributed by atoms with van der Waals surface area (Å²) in [5.74, 6) is 0.316. The van der Waals surface area contributed by atoms with Crippen LogP contribution in [-0.2, 0) is 6.54 Å². The van der Waals surface area contributed by atoms with Gasteiger partial charge in [-0.3, -0.25) is 0 Å². The van der Waals surface area contributed by atoms with Crippen molar-refractivity contribution in [3.63, 3.8) is 0 Å². The van der Waals surface area contributed by atoms with Crippen molar-refractivity contribution in [1.29, 1.82) is 0 Å². The largest absolute Gasteiger partial charge is 0.508 e. The second kappa shape index (κ2) is 5.69. The highest BCUT2D eigenvalue weighted by molar-refractivity contribution is 5.29. The van der Waals surface area contributed by atoms with E-state index >= 15 is 0 Å². The molecular weight excluding hydrogens is 222 g/mol. The zero-order valence-corrected chi connectivity index (χ0v) is 10.9. The van der Waals surface area contributed by atoms with Crippen molar-refractivity contribution < 1.29 is 5.11 Å². The highest BCUT2D eigenvalue weighted by Crippen LogP contribution is 2.18. The van der Waals surface area contributed by atoms with E-state index in [1.54, 1.807) is 12.1 Å². The predicted octanol–water partition coefficient (Wildman–Crippen LogP) is 3.55. The Morgan fingerprint density at radius 2 is 1.83 bits per heavy atom. The van der Waals surface area contributed by atoms with E-state index in [9.17, 15) is 5.11 Å². The van der Waals surface area contributed by atoms with Crippen LogP contribution in [0.15, 0.2) is 48.5 Å². The summed E-state index contributed by atoms with van der Waals surface area (Å²) in [5.41, 5.74) is 3.65. The third kappa shape index (κ3) is 3.34. The van der Waals surface area contributed by atoms with E-state index < -0.39 is 0 Å². The van der Waals surface area contributed by atoms with Crippen molar-refractivity contribution in [1.82, 2.24) is 5.32 Å². The van der Waals surface area contributed by atoms with Gasteiger partial charge in [-0.2, -0.15) is 0 Å². The van der Waals surface area contributed by atoms with E-state index in [0.29, 0.717) is 5.75 Å². The molecule has 18 heavy (non-hydrogen) atoms. The van der Waals surface area contributed by atoms with Gasteiger partial charge in [0.15, 0.2) is 0 Å². The van der Waals surface area contributed by atoms with E-state index in [0.717, 1.165) is 12.1 Å². The normalized spacial score (nSPS) is 12.3. The van der Waals surface area contributed by atoms with Gasteiger partial charge in [0.1, 0.15) is 5.75 Å². The van der Waals surface area contributed by atoms with Crippen LogP contribution in [0.4, 0.5) is 0 Å². The first-order chi connectivity index (χ1) is 8.65. The van der Waals surface area contributed by atoms with E-state index in [4.69, 9.17) is 0 Å². The monoisotopic (exact) mass is 241 g/mol. The zero-order valence-electron chi connectivity index (χ0n) is 10.9. The van der Waals surface area contributed by atoms with Crippen LogP contribution in [-0.4, -0.2) is 5.11 Å². The van der Waals surface area contributed by atoms with Crippen LogP contribution < -0.4 is 5.32 Å². The van der Waals surface area contributed by atoms with Gasteiger partial charge in [0, 0.05) is 12.6 Å². The van der Waals surface area contributed by atoms with Gasteiger partial charge in [-0.05, 0) is 37.1 Å². The number of aromatic hydroxyl groups is 1. The van der Waals surface area contributed by atoms with E-state index in [1.807, 2.05) is 12.1 Å². The average Bonchev–Trinajstić information content (AvgIpc) is 2.38. The lowest BCUT2D eigenvalue weighted by molar-refractivity contribution is 0.472. The molecule has 0 saturated heterocycles. The zero-order chi connectivity index (χ0) is 13.0. The molecule has 2 aromatic rings. The smallest absolute Gasteiger partial charge is 0.115 e. The molecule has 0 aliphatic carbocycles. The van der Waals surface area contributed by atoms with Crippen LogP contribution in [0.1, 0.15) is 29.7 Å². The highest BCUT2D eigenvalue weighted by Gasteiger charge is 2.05. The predicted molar refractivity (Wildman–Crippen MR) is 74.5 cm³/mol. The quantitative estimate of drug-likeness (QED) is 0.858. The number of phenolic OH excluding ortho intramolecular Hbond substituents is 1. The van der Waals surface area contributed by atoms with Crippen molar-refractivity contribution in [3.05, 3.63) is 65.2 Å². The fourth-order valence-corrected chi connectivity index (χ4v) is 1.89. The number of hydrogen-bond donors (Lipinski definition) is 2. The number of phenols is 1. The first-order valence-corrected chi connectivity index (χ1v) is 6.23. The summed E-state index contributed by atoms with van der Waals surface area (Å²) in [6.07, 6.45) is 0. The molecule has 2 aromatic carbocycles. The van der Waals surface area contributed by atoms with Gasteiger partial charge in [-0.25, -0.2) is 0 Å². The van der Waals surface area contributed by atoms with Gasteiger partial charge in [0.05, 0.1) is 0 Å². The molecule has 2 nitrogen and oxygen atoms in total. The van der Waals surface area contributed by atoms with Crippen LogP contribution >= 0.6 is 0 Å². The number of benzene rings is 2. The summed E-state index contributed by atoms with van der Waals surface area (Å²) >= 11 is 0. The molecule has 1 unspecified atom stereocenters. The SMILES string of the molecule is Cc1ccc(CNC(C)c2cccc(O)c2)cc1. The summed E-state index contributed by atoms with van der Waals surface area (Å²) in [6, 6.07) is 16.1. The average molecular weight is 241 g/mol. The van der Waals surface area contributed by atoms with Crippen LogP contribution in [0.2, 0.25) is 0 Å². The number of rotatable bonds is 4. The standard InChI is InChI=1S/C16H19NO/c1-12-6-8-14(9-7-12)11-17-13(2)15-4-3-5-16(18)10-15/h3-10,13,17-18H,11H2,1-2H3. The lowest BCUT2D eigenvalue weighted by Gasteiger charge is -2.14. The molecule has 0 aliphatic rings. The van der Waals surface area contributed by atoms with Crippen LogP contribution in [0.3, 0.4) is 0 Å². The third-order valence-corrected chi connectivity index (χ3v) is 3.10. The first-order valence-electron chi connectivity index (χ1n) is 6.23. The topological polar surface area (TPSA) is 32.3 Å². The molecule has 0 radical (unpaired) electrons. The van der Waals surface area contributed by atoms with E-state index in [-0.39, 0.29) is 6.04 Å². The molecule has 94 valence electrons. The van der Waals surface area contributed by atoms with Crippen LogP contribution in [0.5, 0.6) is 5.75 Å². The molecule has 0 fully saturated rings. The molecule has 0 bridgehead atoms. The van der Waals surface area contributed by atoms with Crippen molar-refractivity contribution in [2.45, 2.75) is 26.4 Å². The van der Waals surface area contributed by atoms with Gasteiger partial charge in [-0.1, -0.05) is 42.0 Å². The molecule has 2 heteroatoms. The molecular formula is C16H19NO. The molecule has 0 spiro atoms. The summed E-state index contributed by atoms with van der Waals surface area (Å²) in [7, 11) is 0. The molecule has 2 rings (SSSR count). The maximum atomic E-state index is 9.45. The minimum atomic E-state index is 0.221. The Hall–Kier alpha value is -1.80. The lowest BCUT2D eigenvalue weighted by atomic mass is 10.1. The van der Waals surface area contributed by atoms with Crippen molar-refractivity contribution >= 4 is 0 Å². The Balaban J connectivity index is 1.96. The van der Waals surface area contributed by atoms with Crippen LogP contribution in [0.25, 0.3) is 0 Å². The molecule has 0 heterocycles. The molecule has 1 atom stereocenters. The molecule has 0 aliphatic heterocycles. The van der Waals surface area contributed by atoms with Gasteiger partial charge >= 0.3 is 0 Å². The Kier molecular flexibility index (Phi) is 4.00. The minimum absolute atomic E-state index is 0.221. The second-order valence-corrected chi connectivity index (χ2v) is 4.68. The van der Waals surface area contributed by atoms with Crippen molar-refractivity contribution in [3.8, 4) is 5.75 Å². The minimum Gasteiger partial charge on any atom is -0.508 e. The van der Waals surface area contributed by atoms with Gasteiger partial charge < -0.3 is 10.4 Å². The number of aryl methyl sites for hydroxylation is 1. The summed E-state index contributed by atoms with van der Waals surface area (Å²) in [5, 5.41) is 12.9. The molecule has 0 saturated carbocycles. The van der Waals surface area contributed by atoms with Gasteiger partial charge in [0.2, 0.25) is 0 Å². The lowest BCUT2D eigenvalue weighted by Crippen LogP contribution is -2.17. The summed E-state index contributed by atoms with van der Waals surface area (Å²) in [4.78, 5) is 0. The fourth-order valence-electron chi connectivity index (χ4n) is 1.89. The second-order valence-electron chi connectivity index (χ2n) is 4.68. The third-order valence-electron chi connectivity index (χ3n) is 3.10.